The van der Waals surface area contributed by atoms with Crippen molar-refractivity contribution in [3.63, 3.8) is 0 Å². The minimum absolute atomic E-state index is 0.00362. The molecule has 2 N–H and O–H groups in total. The Balaban J connectivity index is 1.66. The van der Waals surface area contributed by atoms with Gasteiger partial charge in [-0.2, -0.15) is 0 Å². The Morgan fingerprint density at radius 3 is 2.41 bits per heavy atom. The molecule has 2 aromatic heterocycles. The van der Waals surface area contributed by atoms with Crippen molar-refractivity contribution in [2.75, 3.05) is 26.2 Å². The molecule has 3 rings (SSSR count). The molecule has 7 heteroatoms. The van der Waals surface area contributed by atoms with Crippen LogP contribution in [0.3, 0.4) is 0 Å². The molecule has 0 saturated carbocycles. The molecule has 0 aliphatic carbocycles. The van der Waals surface area contributed by atoms with Crippen molar-refractivity contribution < 1.29 is 23.7 Å². The van der Waals surface area contributed by atoms with Gasteiger partial charge in [0.15, 0.2) is 17.6 Å². The van der Waals surface area contributed by atoms with Crippen LogP contribution in [0.5, 0.6) is 0 Å². The van der Waals surface area contributed by atoms with Crippen molar-refractivity contribution in [3.05, 3.63) is 46.7 Å². The highest BCUT2D eigenvalue weighted by Crippen LogP contribution is 2.19. The summed E-state index contributed by atoms with van der Waals surface area (Å²) in [5.41, 5.74) is 2.59. The summed E-state index contributed by atoms with van der Waals surface area (Å²) in [6.45, 7) is 9.59. The van der Waals surface area contributed by atoms with E-state index in [1.807, 2.05) is 20.8 Å². The summed E-state index contributed by atoms with van der Waals surface area (Å²) in [5.74, 6) is 0.200. The van der Waals surface area contributed by atoms with Crippen LogP contribution < -0.4 is 4.90 Å². The number of piperazine rings is 1. The summed E-state index contributed by atoms with van der Waals surface area (Å²) in [6.07, 6.45) is 1.49. The van der Waals surface area contributed by atoms with E-state index in [1.54, 1.807) is 17.0 Å². The zero-order chi connectivity index (χ0) is 19.7. The second kappa shape index (κ2) is 7.52. The molecule has 0 spiro atoms. The number of hydrogen-bond donors (Lipinski definition) is 2. The molecule has 1 aliphatic heterocycles. The molecule has 2 aromatic rings. The number of amides is 1. The molecule has 3 heterocycles. The maximum absolute atomic E-state index is 13.0. The largest absolute Gasteiger partial charge is 0.459 e. The van der Waals surface area contributed by atoms with Crippen LogP contribution >= 0.6 is 0 Å². The number of H-pyrrole nitrogens is 1. The first-order valence-electron chi connectivity index (χ1n) is 9.23. The van der Waals surface area contributed by atoms with Gasteiger partial charge in [0.25, 0.3) is 5.91 Å². The number of nitrogens with zero attached hydrogens (tertiary/aromatic N) is 1. The Kier molecular flexibility index (Phi) is 5.32. The minimum Gasteiger partial charge on any atom is -0.459 e. The van der Waals surface area contributed by atoms with Gasteiger partial charge in [-0.25, -0.2) is 0 Å². The van der Waals surface area contributed by atoms with Gasteiger partial charge in [0.05, 0.1) is 38.1 Å². The molecule has 0 unspecified atom stereocenters. The highest BCUT2D eigenvalue weighted by atomic mass is 16.3. The second-order valence-electron chi connectivity index (χ2n) is 7.19. The molecule has 144 valence electrons. The summed E-state index contributed by atoms with van der Waals surface area (Å²) in [5, 5.41) is 0. The molecule has 1 atom stereocenters. The van der Waals surface area contributed by atoms with Gasteiger partial charge in [-0.15, -0.1) is 0 Å². The number of aryl methyl sites for hydroxylation is 1. The molecule has 0 bridgehead atoms. The monoisotopic (exact) mass is 372 g/mol. The summed E-state index contributed by atoms with van der Waals surface area (Å²) < 4.78 is 5.18. The Bertz CT molecular complexity index is 858. The van der Waals surface area contributed by atoms with Crippen molar-refractivity contribution >= 4 is 17.5 Å². The van der Waals surface area contributed by atoms with Crippen molar-refractivity contribution in [1.29, 1.82) is 0 Å². The average molecular weight is 372 g/mol. The normalized spacial score (nSPS) is 16.4. The predicted molar refractivity (Wildman–Crippen MR) is 99.4 cm³/mol. The fourth-order valence-corrected chi connectivity index (χ4v) is 3.91. The zero-order valence-corrected chi connectivity index (χ0v) is 16.2. The summed E-state index contributed by atoms with van der Waals surface area (Å²) in [4.78, 5) is 43.2. The number of aromatic nitrogens is 1. The molecule has 1 amide bonds. The van der Waals surface area contributed by atoms with E-state index in [0.717, 1.165) is 16.2 Å². The smallest absolute Gasteiger partial charge is 0.289 e. The molecule has 27 heavy (non-hydrogen) atoms. The van der Waals surface area contributed by atoms with Crippen LogP contribution in [0.4, 0.5) is 0 Å². The molecule has 1 aliphatic rings. The molecule has 0 aromatic carbocycles. The lowest BCUT2D eigenvalue weighted by Gasteiger charge is -2.34. The van der Waals surface area contributed by atoms with E-state index in [4.69, 9.17) is 4.42 Å². The number of furan rings is 1. The quantitative estimate of drug-likeness (QED) is 0.768. The lowest BCUT2D eigenvalue weighted by atomic mass is 10.0. The third-order valence-electron chi connectivity index (χ3n) is 5.47. The van der Waals surface area contributed by atoms with E-state index < -0.39 is 0 Å². The number of carbonyl (C=O) groups excluding carboxylic acids is 3. The molecule has 1 saturated heterocycles. The Morgan fingerprint density at radius 2 is 1.89 bits per heavy atom. The molecule has 1 fully saturated rings. The summed E-state index contributed by atoms with van der Waals surface area (Å²) in [6, 6.07) is 3.12. The number of carbonyl (C=O) groups is 3. The van der Waals surface area contributed by atoms with Gasteiger partial charge in [-0.05, 0) is 45.4 Å². The van der Waals surface area contributed by atoms with E-state index in [-0.39, 0.29) is 23.5 Å². The van der Waals surface area contributed by atoms with Crippen LogP contribution in [0.15, 0.2) is 22.8 Å². The predicted octanol–water partition coefficient (Wildman–Crippen LogP) is 1.04. The van der Waals surface area contributed by atoms with Crippen LogP contribution in [0.25, 0.3) is 0 Å². The van der Waals surface area contributed by atoms with Gasteiger partial charge < -0.3 is 19.2 Å². The van der Waals surface area contributed by atoms with Gasteiger partial charge in [0, 0.05) is 11.3 Å². The molecule has 0 radical (unpaired) electrons. The number of nitrogens with one attached hydrogen (secondary N) is 2. The molecule has 7 nitrogen and oxygen atoms in total. The molecular weight excluding hydrogens is 346 g/mol. The number of hydrogen-bond acceptors (Lipinski definition) is 4. The van der Waals surface area contributed by atoms with Crippen LogP contribution in [0.2, 0.25) is 0 Å². The van der Waals surface area contributed by atoms with E-state index in [9.17, 15) is 14.4 Å². The van der Waals surface area contributed by atoms with Crippen LogP contribution in [-0.4, -0.2) is 59.6 Å². The van der Waals surface area contributed by atoms with Gasteiger partial charge in [-0.1, -0.05) is 0 Å². The number of quaternary nitrogens is 1. The van der Waals surface area contributed by atoms with Crippen LogP contribution in [-0.2, 0) is 0 Å². The van der Waals surface area contributed by atoms with E-state index in [1.165, 1.54) is 13.2 Å². The van der Waals surface area contributed by atoms with Gasteiger partial charge >= 0.3 is 0 Å². The summed E-state index contributed by atoms with van der Waals surface area (Å²) >= 11 is 0. The maximum atomic E-state index is 13.0. The van der Waals surface area contributed by atoms with Crippen molar-refractivity contribution in [1.82, 2.24) is 9.88 Å². The van der Waals surface area contributed by atoms with Gasteiger partial charge in [0.2, 0.25) is 5.78 Å². The van der Waals surface area contributed by atoms with Crippen molar-refractivity contribution in [2.24, 2.45) is 0 Å². The third kappa shape index (κ3) is 3.60. The minimum atomic E-state index is -0.248. The topological polar surface area (TPSA) is 87.8 Å². The first-order valence-corrected chi connectivity index (χ1v) is 9.23. The standard InChI is InChI=1S/C20H25N3O4/c1-12-17(15(4)24)13(2)21-18(12)19(25)14(3)22-7-9-23(10-8-22)20(26)16-6-5-11-27-16/h5-6,11,14,21H,7-10H2,1-4H3/p+1/t14-/m1/s1. The maximum Gasteiger partial charge on any atom is 0.289 e. The SMILES string of the molecule is CC(=O)c1c(C)[nH]c(C(=O)[C@@H](C)[NH+]2CCN(C(=O)c3ccco3)CC2)c1C. The number of rotatable bonds is 5. The van der Waals surface area contributed by atoms with Crippen molar-refractivity contribution in [3.8, 4) is 0 Å². The number of Topliss-reactive ketones (excluding diaryl/α,β-unsaturated/α-hetero) is 2. The highest BCUT2D eigenvalue weighted by Gasteiger charge is 2.34. The Hall–Kier alpha value is -2.67. The Labute approximate surface area is 158 Å². The first kappa shape index (κ1) is 19.1. The van der Waals surface area contributed by atoms with Gasteiger partial charge in [0.1, 0.15) is 0 Å². The lowest BCUT2D eigenvalue weighted by Crippen LogP contribution is -3.18. The van der Waals surface area contributed by atoms with E-state index >= 15 is 0 Å². The second-order valence-corrected chi connectivity index (χ2v) is 7.19. The first-order chi connectivity index (χ1) is 12.8. The lowest BCUT2D eigenvalue weighted by molar-refractivity contribution is -0.917. The summed E-state index contributed by atoms with van der Waals surface area (Å²) in [7, 11) is 0. The number of aromatic amines is 1. The zero-order valence-electron chi connectivity index (χ0n) is 16.2. The molecular formula is C20H26N3O4+. The van der Waals surface area contributed by atoms with E-state index in [2.05, 4.69) is 4.98 Å². The van der Waals surface area contributed by atoms with E-state index in [0.29, 0.717) is 43.2 Å². The Morgan fingerprint density at radius 1 is 1.22 bits per heavy atom. The fourth-order valence-electron chi connectivity index (χ4n) is 3.91. The fraction of sp³-hybridized carbons (Fsp3) is 0.450. The third-order valence-corrected chi connectivity index (χ3v) is 5.47. The van der Waals surface area contributed by atoms with Crippen LogP contribution in [0.1, 0.15) is 56.5 Å². The van der Waals surface area contributed by atoms with Gasteiger partial charge in [-0.3, -0.25) is 14.4 Å². The van der Waals surface area contributed by atoms with Crippen molar-refractivity contribution in [2.45, 2.75) is 33.7 Å². The average Bonchev–Trinajstić information content (AvgIpc) is 3.28. The van der Waals surface area contributed by atoms with Crippen LogP contribution in [0, 0.1) is 13.8 Å². The highest BCUT2D eigenvalue weighted by molar-refractivity contribution is 6.04. The number of ketones is 2.